The van der Waals surface area contributed by atoms with Crippen LogP contribution in [0.4, 0.5) is 0 Å². The maximum Gasteiger partial charge on any atom is 0.0938 e. The molecule has 0 bridgehead atoms. The van der Waals surface area contributed by atoms with Gasteiger partial charge in [0.2, 0.25) is 0 Å². The Morgan fingerprint density at radius 2 is 2.19 bits per heavy atom. The molecular weight excluding hydrogens is 236 g/mol. The van der Waals surface area contributed by atoms with Crippen LogP contribution in [-0.2, 0) is 6.42 Å². The minimum atomic E-state index is 0.143. The number of thiazole rings is 1. The van der Waals surface area contributed by atoms with Crippen LogP contribution in [0.2, 0.25) is 0 Å². The molecule has 86 valence electrons. The molecule has 0 unspecified atom stereocenters. The van der Waals surface area contributed by atoms with Crippen LogP contribution in [0, 0.1) is 5.41 Å². The molecule has 0 radical (unpaired) electrons. The Morgan fingerprint density at radius 3 is 2.81 bits per heavy atom. The monoisotopic (exact) mass is 252 g/mol. The molecule has 0 aliphatic carbocycles. The molecule has 2 N–H and O–H groups in total. The summed E-state index contributed by atoms with van der Waals surface area (Å²) in [6.07, 6.45) is 0.958. The van der Waals surface area contributed by atoms with Crippen molar-refractivity contribution in [2.75, 3.05) is 6.54 Å². The minimum absolute atomic E-state index is 0.143. The van der Waals surface area contributed by atoms with Gasteiger partial charge in [-0.05, 0) is 23.4 Å². The Hall–Kier alpha value is -0.710. The highest BCUT2D eigenvalue weighted by Gasteiger charge is 2.18. The second-order valence-corrected chi connectivity index (χ2v) is 6.54. The zero-order chi connectivity index (χ0) is 11.6. The van der Waals surface area contributed by atoms with Crippen molar-refractivity contribution in [3.8, 4) is 10.6 Å². The first-order valence-corrected chi connectivity index (χ1v) is 7.05. The predicted molar refractivity (Wildman–Crippen MR) is 72.0 cm³/mol. The van der Waals surface area contributed by atoms with Gasteiger partial charge in [-0.2, -0.15) is 0 Å². The molecule has 2 rings (SSSR count). The number of hydrogen-bond donors (Lipinski definition) is 1. The number of thiophene rings is 1. The third-order valence-corrected chi connectivity index (χ3v) is 4.25. The first kappa shape index (κ1) is 11.8. The molecule has 2 heterocycles. The van der Waals surface area contributed by atoms with Crippen LogP contribution in [0.1, 0.15) is 18.9 Å². The topological polar surface area (TPSA) is 38.9 Å². The molecular formula is C12H16N2S2. The Kier molecular flexibility index (Phi) is 3.42. The van der Waals surface area contributed by atoms with Gasteiger partial charge in [0.25, 0.3) is 0 Å². The van der Waals surface area contributed by atoms with Crippen LogP contribution in [0.25, 0.3) is 10.6 Å². The maximum absolute atomic E-state index is 5.73. The van der Waals surface area contributed by atoms with Gasteiger partial charge in [0.1, 0.15) is 0 Å². The van der Waals surface area contributed by atoms with Crippen molar-refractivity contribution in [1.29, 1.82) is 0 Å². The average Bonchev–Trinajstić information content (AvgIpc) is 2.86. The highest BCUT2D eigenvalue weighted by atomic mass is 32.1. The quantitative estimate of drug-likeness (QED) is 0.905. The van der Waals surface area contributed by atoms with Gasteiger partial charge in [-0.15, -0.1) is 22.7 Å². The fraction of sp³-hybridized carbons (Fsp3) is 0.417. The molecule has 0 amide bonds. The van der Waals surface area contributed by atoms with Gasteiger partial charge in [0.15, 0.2) is 0 Å². The number of aromatic nitrogens is 1. The van der Waals surface area contributed by atoms with Gasteiger partial charge in [0, 0.05) is 11.8 Å². The summed E-state index contributed by atoms with van der Waals surface area (Å²) >= 11 is 3.46. The summed E-state index contributed by atoms with van der Waals surface area (Å²) < 4.78 is 0. The number of nitrogens with two attached hydrogens (primary N) is 1. The first-order valence-electron chi connectivity index (χ1n) is 5.29. The van der Waals surface area contributed by atoms with E-state index in [2.05, 4.69) is 41.7 Å². The Balaban J connectivity index is 2.14. The van der Waals surface area contributed by atoms with Gasteiger partial charge in [-0.25, -0.2) is 4.98 Å². The van der Waals surface area contributed by atoms with Crippen LogP contribution in [-0.4, -0.2) is 11.5 Å². The van der Waals surface area contributed by atoms with Crippen molar-refractivity contribution in [2.45, 2.75) is 20.3 Å². The van der Waals surface area contributed by atoms with E-state index in [0.717, 1.165) is 12.1 Å². The van der Waals surface area contributed by atoms with Crippen LogP contribution in [0.15, 0.2) is 22.9 Å². The SMILES string of the molecule is CC(C)(CN)Cc1nc(-c2cccs2)cs1. The normalized spacial score (nSPS) is 11.9. The summed E-state index contributed by atoms with van der Waals surface area (Å²) in [6.45, 7) is 5.05. The number of rotatable bonds is 4. The standard InChI is InChI=1S/C12H16N2S2/c1-12(2,8-13)6-11-14-9(7-16-11)10-4-3-5-15-10/h3-5,7H,6,8,13H2,1-2H3. The van der Waals surface area contributed by atoms with Crippen LogP contribution >= 0.6 is 22.7 Å². The van der Waals surface area contributed by atoms with Gasteiger partial charge in [-0.3, -0.25) is 0 Å². The number of nitrogens with zero attached hydrogens (tertiary/aromatic N) is 1. The van der Waals surface area contributed by atoms with Gasteiger partial charge >= 0.3 is 0 Å². The lowest BCUT2D eigenvalue weighted by Crippen LogP contribution is -2.25. The Bertz CT molecular complexity index is 443. The Morgan fingerprint density at radius 1 is 1.38 bits per heavy atom. The summed E-state index contributed by atoms with van der Waals surface area (Å²) in [7, 11) is 0. The van der Waals surface area contributed by atoms with Crippen molar-refractivity contribution in [3.63, 3.8) is 0 Å². The molecule has 4 heteroatoms. The van der Waals surface area contributed by atoms with Crippen molar-refractivity contribution < 1.29 is 0 Å². The van der Waals surface area contributed by atoms with E-state index in [1.165, 1.54) is 9.88 Å². The van der Waals surface area contributed by atoms with Crippen molar-refractivity contribution in [1.82, 2.24) is 4.98 Å². The lowest BCUT2D eigenvalue weighted by atomic mass is 9.90. The molecule has 2 aromatic rings. The lowest BCUT2D eigenvalue weighted by molar-refractivity contribution is 0.376. The Labute approximate surface area is 104 Å². The second kappa shape index (κ2) is 4.65. The zero-order valence-corrected chi connectivity index (χ0v) is 11.2. The summed E-state index contributed by atoms with van der Waals surface area (Å²) in [6, 6.07) is 4.17. The second-order valence-electron chi connectivity index (χ2n) is 4.65. The molecule has 0 aliphatic heterocycles. The third kappa shape index (κ3) is 2.70. The van der Waals surface area contributed by atoms with Gasteiger partial charge in [-0.1, -0.05) is 19.9 Å². The largest absolute Gasteiger partial charge is 0.330 e. The van der Waals surface area contributed by atoms with Gasteiger partial charge in [0.05, 0.1) is 15.6 Å². The summed E-state index contributed by atoms with van der Waals surface area (Å²) in [5.74, 6) is 0. The average molecular weight is 252 g/mol. The maximum atomic E-state index is 5.73. The molecule has 16 heavy (non-hydrogen) atoms. The molecule has 0 saturated carbocycles. The van der Waals surface area contributed by atoms with Gasteiger partial charge < -0.3 is 5.73 Å². The van der Waals surface area contributed by atoms with Crippen LogP contribution < -0.4 is 5.73 Å². The molecule has 2 aromatic heterocycles. The summed E-state index contributed by atoms with van der Waals surface area (Å²) in [4.78, 5) is 5.90. The predicted octanol–water partition coefficient (Wildman–Crippen LogP) is 3.40. The van der Waals surface area contributed by atoms with E-state index < -0.39 is 0 Å². The van der Waals surface area contributed by atoms with E-state index in [0.29, 0.717) is 6.54 Å². The molecule has 0 aromatic carbocycles. The molecule has 0 aliphatic rings. The van der Waals surface area contributed by atoms with Crippen LogP contribution in [0.5, 0.6) is 0 Å². The van der Waals surface area contributed by atoms with Crippen molar-refractivity contribution >= 4 is 22.7 Å². The van der Waals surface area contributed by atoms with E-state index in [9.17, 15) is 0 Å². The van der Waals surface area contributed by atoms with E-state index in [4.69, 9.17) is 5.73 Å². The molecule has 0 fully saturated rings. The first-order chi connectivity index (χ1) is 7.61. The third-order valence-electron chi connectivity index (χ3n) is 2.51. The number of hydrogen-bond acceptors (Lipinski definition) is 4. The summed E-state index contributed by atoms with van der Waals surface area (Å²) in [5, 5.41) is 5.39. The van der Waals surface area contributed by atoms with E-state index in [1.54, 1.807) is 22.7 Å². The fourth-order valence-corrected chi connectivity index (χ4v) is 3.22. The lowest BCUT2D eigenvalue weighted by Gasteiger charge is -2.20. The molecule has 0 spiro atoms. The summed E-state index contributed by atoms with van der Waals surface area (Å²) in [5.41, 5.74) is 6.98. The van der Waals surface area contributed by atoms with E-state index in [-0.39, 0.29) is 5.41 Å². The molecule has 0 saturated heterocycles. The fourth-order valence-electron chi connectivity index (χ4n) is 1.41. The van der Waals surface area contributed by atoms with Crippen molar-refractivity contribution in [2.24, 2.45) is 11.1 Å². The molecule has 2 nitrogen and oxygen atoms in total. The minimum Gasteiger partial charge on any atom is -0.330 e. The van der Waals surface area contributed by atoms with E-state index >= 15 is 0 Å². The van der Waals surface area contributed by atoms with Crippen LogP contribution in [0.3, 0.4) is 0 Å². The highest BCUT2D eigenvalue weighted by Crippen LogP contribution is 2.29. The highest BCUT2D eigenvalue weighted by molar-refractivity contribution is 7.14. The van der Waals surface area contributed by atoms with Crippen molar-refractivity contribution in [3.05, 3.63) is 27.9 Å². The zero-order valence-electron chi connectivity index (χ0n) is 9.56. The van der Waals surface area contributed by atoms with E-state index in [1.807, 2.05) is 0 Å². The smallest absolute Gasteiger partial charge is 0.0938 e. The molecule has 0 atom stereocenters.